The summed E-state index contributed by atoms with van der Waals surface area (Å²) in [5.74, 6) is 0.0117. The first kappa shape index (κ1) is 19.5. The van der Waals surface area contributed by atoms with Crippen LogP contribution >= 0.6 is 0 Å². The molecule has 2 aromatic rings. The lowest BCUT2D eigenvalue weighted by Crippen LogP contribution is -2.48. The number of nitro benzene ring substituents is 1. The number of nitrogens with zero attached hydrogens (tertiary/aromatic N) is 3. The maximum Gasteiger partial charge on any atom is 0.272 e. The lowest BCUT2D eigenvalue weighted by molar-refractivity contribution is -0.385. The number of rotatable bonds is 6. The SMILES string of the molecule is Cc1c(CN2CCN(S(=O)(=O)Cc3ccccc3)CC2)cccc1[N+](=O)[O-]. The Bertz CT molecular complexity index is 908. The zero-order valence-corrected chi connectivity index (χ0v) is 16.1. The molecule has 3 rings (SSSR count). The number of benzene rings is 2. The summed E-state index contributed by atoms with van der Waals surface area (Å²) in [5, 5.41) is 11.1. The highest BCUT2D eigenvalue weighted by molar-refractivity contribution is 7.88. The van der Waals surface area contributed by atoms with Crippen LogP contribution in [0.3, 0.4) is 0 Å². The van der Waals surface area contributed by atoms with Crippen LogP contribution in [-0.4, -0.2) is 48.7 Å². The van der Waals surface area contributed by atoms with Crippen LogP contribution in [0.2, 0.25) is 0 Å². The van der Waals surface area contributed by atoms with E-state index in [0.717, 1.165) is 11.1 Å². The number of sulfonamides is 1. The summed E-state index contributed by atoms with van der Waals surface area (Å²) in [7, 11) is -3.34. The van der Waals surface area contributed by atoms with Gasteiger partial charge in [-0.05, 0) is 18.1 Å². The van der Waals surface area contributed by atoms with Gasteiger partial charge in [-0.1, -0.05) is 42.5 Å². The fourth-order valence-electron chi connectivity index (χ4n) is 3.32. The first-order valence-electron chi connectivity index (χ1n) is 8.84. The molecule has 0 aromatic heterocycles. The van der Waals surface area contributed by atoms with Crippen LogP contribution in [0.1, 0.15) is 16.7 Å². The molecule has 0 amide bonds. The molecule has 0 atom stereocenters. The molecule has 27 heavy (non-hydrogen) atoms. The Morgan fingerprint density at radius 1 is 1.00 bits per heavy atom. The highest BCUT2D eigenvalue weighted by atomic mass is 32.2. The molecule has 0 aliphatic carbocycles. The Kier molecular flexibility index (Phi) is 5.88. The minimum atomic E-state index is -3.34. The zero-order valence-electron chi connectivity index (χ0n) is 15.2. The Hall–Kier alpha value is -2.29. The number of hydrogen-bond acceptors (Lipinski definition) is 5. The largest absolute Gasteiger partial charge is 0.296 e. The van der Waals surface area contributed by atoms with Gasteiger partial charge in [0.15, 0.2) is 0 Å². The molecule has 0 N–H and O–H groups in total. The minimum Gasteiger partial charge on any atom is -0.296 e. The van der Waals surface area contributed by atoms with Crippen LogP contribution in [0.5, 0.6) is 0 Å². The standard InChI is InChI=1S/C19H23N3O4S/c1-16-18(8-5-9-19(16)22(23)24)14-20-10-12-21(13-11-20)27(25,26)15-17-6-3-2-4-7-17/h2-9H,10-15H2,1H3. The molecule has 2 aromatic carbocycles. The molecule has 1 heterocycles. The van der Waals surface area contributed by atoms with E-state index in [1.54, 1.807) is 13.0 Å². The maximum atomic E-state index is 12.6. The quantitative estimate of drug-likeness (QED) is 0.560. The Morgan fingerprint density at radius 3 is 2.30 bits per heavy atom. The molecular weight excluding hydrogens is 366 g/mol. The Morgan fingerprint density at radius 2 is 1.67 bits per heavy atom. The van der Waals surface area contributed by atoms with Gasteiger partial charge in [0.2, 0.25) is 10.0 Å². The highest BCUT2D eigenvalue weighted by Crippen LogP contribution is 2.23. The maximum absolute atomic E-state index is 12.6. The van der Waals surface area contributed by atoms with Gasteiger partial charge < -0.3 is 0 Å². The van der Waals surface area contributed by atoms with Crippen molar-refractivity contribution in [3.63, 3.8) is 0 Å². The van der Waals surface area contributed by atoms with Crippen LogP contribution in [-0.2, 0) is 22.3 Å². The predicted molar refractivity (Wildman–Crippen MR) is 104 cm³/mol. The fourth-order valence-corrected chi connectivity index (χ4v) is 4.84. The van der Waals surface area contributed by atoms with Crippen molar-refractivity contribution >= 4 is 15.7 Å². The first-order valence-corrected chi connectivity index (χ1v) is 10.4. The van der Waals surface area contributed by atoms with Crippen molar-refractivity contribution in [1.82, 2.24) is 9.21 Å². The smallest absolute Gasteiger partial charge is 0.272 e. The van der Waals surface area contributed by atoms with Gasteiger partial charge in [-0.15, -0.1) is 0 Å². The third-order valence-corrected chi connectivity index (χ3v) is 6.77. The van der Waals surface area contributed by atoms with Gasteiger partial charge in [0, 0.05) is 44.4 Å². The molecule has 0 spiro atoms. The van der Waals surface area contributed by atoms with Crippen molar-refractivity contribution in [1.29, 1.82) is 0 Å². The van der Waals surface area contributed by atoms with Crippen molar-refractivity contribution in [3.05, 3.63) is 75.3 Å². The number of hydrogen-bond donors (Lipinski definition) is 0. The molecule has 7 nitrogen and oxygen atoms in total. The van der Waals surface area contributed by atoms with E-state index in [1.165, 1.54) is 10.4 Å². The monoisotopic (exact) mass is 389 g/mol. The summed E-state index contributed by atoms with van der Waals surface area (Å²) < 4.78 is 26.8. The van der Waals surface area contributed by atoms with E-state index < -0.39 is 10.0 Å². The molecule has 1 aliphatic heterocycles. The van der Waals surface area contributed by atoms with E-state index in [-0.39, 0.29) is 16.4 Å². The Labute approximate surface area is 159 Å². The third kappa shape index (κ3) is 4.71. The van der Waals surface area contributed by atoms with Gasteiger partial charge >= 0.3 is 0 Å². The topological polar surface area (TPSA) is 83.8 Å². The Balaban J connectivity index is 1.61. The van der Waals surface area contributed by atoms with Crippen molar-refractivity contribution in [2.24, 2.45) is 0 Å². The van der Waals surface area contributed by atoms with Gasteiger partial charge in [-0.25, -0.2) is 8.42 Å². The van der Waals surface area contributed by atoms with Crippen molar-refractivity contribution < 1.29 is 13.3 Å². The van der Waals surface area contributed by atoms with E-state index in [0.29, 0.717) is 38.3 Å². The number of piperazine rings is 1. The van der Waals surface area contributed by atoms with Crippen LogP contribution in [0.15, 0.2) is 48.5 Å². The van der Waals surface area contributed by atoms with Gasteiger partial charge in [-0.3, -0.25) is 15.0 Å². The molecule has 0 saturated carbocycles. The molecule has 1 fully saturated rings. The molecule has 0 unspecified atom stereocenters. The van der Waals surface area contributed by atoms with E-state index in [2.05, 4.69) is 4.90 Å². The normalized spacial score (nSPS) is 16.3. The average molecular weight is 389 g/mol. The van der Waals surface area contributed by atoms with Gasteiger partial charge in [0.25, 0.3) is 5.69 Å². The molecule has 1 saturated heterocycles. The van der Waals surface area contributed by atoms with Crippen LogP contribution in [0, 0.1) is 17.0 Å². The lowest BCUT2D eigenvalue weighted by atomic mass is 10.1. The van der Waals surface area contributed by atoms with E-state index in [1.807, 2.05) is 36.4 Å². The minimum absolute atomic E-state index is 0.0117. The van der Waals surface area contributed by atoms with E-state index >= 15 is 0 Å². The molecule has 0 radical (unpaired) electrons. The van der Waals surface area contributed by atoms with Gasteiger partial charge in [0.05, 0.1) is 10.7 Å². The average Bonchev–Trinajstić information content (AvgIpc) is 2.64. The molecule has 8 heteroatoms. The molecular formula is C19H23N3O4S. The summed E-state index contributed by atoms with van der Waals surface area (Å²) in [6.45, 7) is 4.42. The summed E-state index contributed by atoms with van der Waals surface area (Å²) in [6.07, 6.45) is 0. The van der Waals surface area contributed by atoms with Gasteiger partial charge in [0.1, 0.15) is 0 Å². The zero-order chi connectivity index (χ0) is 19.4. The summed E-state index contributed by atoms with van der Waals surface area (Å²) in [5.41, 5.74) is 2.48. The predicted octanol–water partition coefficient (Wildman–Crippen LogP) is 2.55. The van der Waals surface area contributed by atoms with E-state index in [9.17, 15) is 18.5 Å². The van der Waals surface area contributed by atoms with Crippen molar-refractivity contribution in [2.45, 2.75) is 19.2 Å². The highest BCUT2D eigenvalue weighted by Gasteiger charge is 2.27. The molecule has 144 valence electrons. The molecule has 1 aliphatic rings. The van der Waals surface area contributed by atoms with Crippen LogP contribution in [0.4, 0.5) is 5.69 Å². The second kappa shape index (κ2) is 8.16. The molecule has 0 bridgehead atoms. The third-order valence-electron chi connectivity index (χ3n) is 4.92. The fraction of sp³-hybridized carbons (Fsp3) is 0.368. The summed E-state index contributed by atoms with van der Waals surface area (Å²) >= 11 is 0. The second-order valence-corrected chi connectivity index (χ2v) is 8.70. The second-order valence-electron chi connectivity index (χ2n) is 6.74. The van der Waals surface area contributed by atoms with Crippen LogP contribution < -0.4 is 0 Å². The lowest BCUT2D eigenvalue weighted by Gasteiger charge is -2.34. The summed E-state index contributed by atoms with van der Waals surface area (Å²) in [4.78, 5) is 12.9. The van der Waals surface area contributed by atoms with Crippen LogP contribution in [0.25, 0.3) is 0 Å². The number of nitro groups is 1. The van der Waals surface area contributed by atoms with Gasteiger partial charge in [-0.2, -0.15) is 4.31 Å². The summed E-state index contributed by atoms with van der Waals surface area (Å²) in [6, 6.07) is 14.3. The first-order chi connectivity index (χ1) is 12.9. The van der Waals surface area contributed by atoms with Crippen molar-refractivity contribution in [3.8, 4) is 0 Å². The van der Waals surface area contributed by atoms with E-state index in [4.69, 9.17) is 0 Å². The van der Waals surface area contributed by atoms with Crippen molar-refractivity contribution in [2.75, 3.05) is 26.2 Å².